The molecule has 0 aromatic heterocycles. The van der Waals surface area contributed by atoms with Crippen LogP contribution in [0.15, 0.2) is 36.9 Å². The lowest BCUT2D eigenvalue weighted by molar-refractivity contribution is -0.384. The highest BCUT2D eigenvalue weighted by atomic mass is 35.5. The second kappa shape index (κ2) is 6.98. The quantitative estimate of drug-likeness (QED) is 0.364. The van der Waals surface area contributed by atoms with Gasteiger partial charge in [-0.3, -0.25) is 10.1 Å². The lowest BCUT2D eigenvalue weighted by Crippen LogP contribution is -2.12. The molecule has 0 saturated heterocycles. The minimum absolute atomic E-state index is 0. The van der Waals surface area contributed by atoms with Gasteiger partial charge in [-0.1, -0.05) is 18.2 Å². The Morgan fingerprint density at radius 3 is 2.87 bits per heavy atom. The summed E-state index contributed by atoms with van der Waals surface area (Å²) in [5.74, 6) is 0. The molecular weight excluding hydrogens is 216 g/mol. The fourth-order valence-corrected chi connectivity index (χ4v) is 1.10. The van der Waals surface area contributed by atoms with Gasteiger partial charge in [-0.2, -0.15) is 0 Å². The van der Waals surface area contributed by atoms with Crippen LogP contribution in [-0.4, -0.2) is 11.5 Å². The van der Waals surface area contributed by atoms with Crippen LogP contribution in [0.5, 0.6) is 0 Å². The maximum Gasteiger partial charge on any atom is 0.269 e. The highest BCUT2D eigenvalue weighted by Gasteiger charge is 2.04. The van der Waals surface area contributed by atoms with Gasteiger partial charge in [-0.15, -0.1) is 19.0 Å². The zero-order valence-corrected chi connectivity index (χ0v) is 9.00. The molecule has 0 radical (unpaired) electrons. The zero-order chi connectivity index (χ0) is 10.4. The number of halogens is 1. The lowest BCUT2D eigenvalue weighted by atomic mass is 10.2. The smallest absolute Gasteiger partial charge is 0.269 e. The van der Waals surface area contributed by atoms with Gasteiger partial charge in [0.25, 0.3) is 5.69 Å². The fraction of sp³-hybridized carbons (Fsp3) is 0.200. The van der Waals surface area contributed by atoms with Crippen molar-refractivity contribution in [2.24, 2.45) is 0 Å². The van der Waals surface area contributed by atoms with Gasteiger partial charge < -0.3 is 5.32 Å². The van der Waals surface area contributed by atoms with E-state index in [-0.39, 0.29) is 18.1 Å². The van der Waals surface area contributed by atoms with Crippen LogP contribution in [0.4, 0.5) is 5.69 Å². The van der Waals surface area contributed by atoms with Gasteiger partial charge in [0.05, 0.1) is 4.92 Å². The normalized spacial score (nSPS) is 9.07. The molecule has 1 N–H and O–H groups in total. The Morgan fingerprint density at radius 2 is 2.27 bits per heavy atom. The second-order valence-corrected chi connectivity index (χ2v) is 2.85. The van der Waals surface area contributed by atoms with E-state index in [1.165, 1.54) is 6.07 Å². The van der Waals surface area contributed by atoms with E-state index >= 15 is 0 Å². The predicted octanol–water partition coefficient (Wildman–Crippen LogP) is 2.29. The predicted molar refractivity (Wildman–Crippen MR) is 62.2 cm³/mol. The van der Waals surface area contributed by atoms with E-state index in [0.29, 0.717) is 13.1 Å². The van der Waals surface area contributed by atoms with Gasteiger partial charge in [0.2, 0.25) is 0 Å². The molecule has 0 unspecified atom stereocenters. The Labute approximate surface area is 94.6 Å². The number of nitro benzene ring substituents is 1. The molecular formula is C10H13ClN2O2. The van der Waals surface area contributed by atoms with Crippen molar-refractivity contribution in [1.29, 1.82) is 0 Å². The Hall–Kier alpha value is -1.39. The van der Waals surface area contributed by atoms with Gasteiger partial charge in [0.1, 0.15) is 0 Å². The van der Waals surface area contributed by atoms with Crippen molar-refractivity contribution in [2.45, 2.75) is 6.54 Å². The molecule has 5 heteroatoms. The molecule has 0 spiro atoms. The first-order chi connectivity index (χ1) is 6.74. The lowest BCUT2D eigenvalue weighted by Gasteiger charge is -2.01. The summed E-state index contributed by atoms with van der Waals surface area (Å²) in [6, 6.07) is 6.58. The van der Waals surface area contributed by atoms with Crippen LogP contribution in [0.25, 0.3) is 0 Å². The molecule has 0 fully saturated rings. The van der Waals surface area contributed by atoms with Gasteiger partial charge in [-0.05, 0) is 5.56 Å². The highest BCUT2D eigenvalue weighted by Crippen LogP contribution is 2.12. The summed E-state index contributed by atoms with van der Waals surface area (Å²) in [4.78, 5) is 10.1. The Morgan fingerprint density at radius 1 is 1.53 bits per heavy atom. The van der Waals surface area contributed by atoms with Gasteiger partial charge in [0.15, 0.2) is 0 Å². The van der Waals surface area contributed by atoms with Crippen LogP contribution in [0.1, 0.15) is 5.56 Å². The minimum Gasteiger partial charge on any atom is -0.309 e. The number of nitrogens with one attached hydrogen (secondary N) is 1. The standard InChI is InChI=1S/C10H12N2O2.ClH/c1-2-6-11-8-9-4-3-5-10(7-9)12(13)14;/h2-5,7,11H,1,6,8H2;1H. The van der Waals surface area contributed by atoms with E-state index in [2.05, 4.69) is 11.9 Å². The van der Waals surface area contributed by atoms with Crippen LogP contribution >= 0.6 is 12.4 Å². The van der Waals surface area contributed by atoms with E-state index in [0.717, 1.165) is 5.56 Å². The average molecular weight is 229 g/mol. The van der Waals surface area contributed by atoms with Crippen molar-refractivity contribution in [3.8, 4) is 0 Å². The second-order valence-electron chi connectivity index (χ2n) is 2.85. The van der Waals surface area contributed by atoms with Crippen molar-refractivity contribution in [2.75, 3.05) is 6.54 Å². The molecule has 0 bridgehead atoms. The molecule has 0 atom stereocenters. The van der Waals surface area contributed by atoms with Crippen molar-refractivity contribution in [3.63, 3.8) is 0 Å². The number of nitrogens with zero attached hydrogens (tertiary/aromatic N) is 1. The molecule has 0 heterocycles. The average Bonchev–Trinajstić information content (AvgIpc) is 2.19. The largest absolute Gasteiger partial charge is 0.309 e. The topological polar surface area (TPSA) is 55.2 Å². The van der Waals surface area contributed by atoms with Crippen molar-refractivity contribution < 1.29 is 4.92 Å². The molecule has 82 valence electrons. The molecule has 1 aromatic carbocycles. The summed E-state index contributed by atoms with van der Waals surface area (Å²) < 4.78 is 0. The van der Waals surface area contributed by atoms with Crippen molar-refractivity contribution in [3.05, 3.63) is 52.6 Å². The van der Waals surface area contributed by atoms with E-state index in [4.69, 9.17) is 0 Å². The summed E-state index contributed by atoms with van der Waals surface area (Å²) in [6.45, 7) is 4.88. The SMILES string of the molecule is C=CCNCc1cccc([N+](=O)[O-])c1.Cl. The van der Waals surface area contributed by atoms with Crippen LogP contribution in [0.3, 0.4) is 0 Å². The number of nitro groups is 1. The number of rotatable bonds is 5. The number of hydrogen-bond donors (Lipinski definition) is 1. The molecule has 4 nitrogen and oxygen atoms in total. The number of benzene rings is 1. The minimum atomic E-state index is -0.392. The number of hydrogen-bond acceptors (Lipinski definition) is 3. The molecule has 1 rings (SSSR count). The first-order valence-corrected chi connectivity index (χ1v) is 4.29. The van der Waals surface area contributed by atoms with Gasteiger partial charge >= 0.3 is 0 Å². The van der Waals surface area contributed by atoms with Crippen molar-refractivity contribution in [1.82, 2.24) is 5.32 Å². The van der Waals surface area contributed by atoms with Crippen molar-refractivity contribution >= 4 is 18.1 Å². The third-order valence-electron chi connectivity index (χ3n) is 1.74. The van der Waals surface area contributed by atoms with Crippen LogP contribution in [-0.2, 0) is 6.54 Å². The first-order valence-electron chi connectivity index (χ1n) is 4.29. The molecule has 0 aliphatic heterocycles. The third kappa shape index (κ3) is 4.58. The van der Waals surface area contributed by atoms with Crippen LogP contribution in [0.2, 0.25) is 0 Å². The van der Waals surface area contributed by atoms with Gasteiger partial charge in [-0.25, -0.2) is 0 Å². The number of non-ortho nitro benzene ring substituents is 1. The van der Waals surface area contributed by atoms with E-state index < -0.39 is 4.92 Å². The monoisotopic (exact) mass is 228 g/mol. The maximum absolute atomic E-state index is 10.5. The van der Waals surface area contributed by atoms with E-state index in [1.54, 1.807) is 18.2 Å². The third-order valence-corrected chi connectivity index (χ3v) is 1.74. The summed E-state index contributed by atoms with van der Waals surface area (Å²) in [5.41, 5.74) is 1.03. The zero-order valence-electron chi connectivity index (χ0n) is 8.18. The van der Waals surface area contributed by atoms with E-state index in [9.17, 15) is 10.1 Å². The summed E-state index contributed by atoms with van der Waals surface area (Å²) in [6.07, 6.45) is 1.75. The fourth-order valence-electron chi connectivity index (χ4n) is 1.10. The molecule has 1 aromatic rings. The molecule has 0 aliphatic rings. The molecule has 0 aliphatic carbocycles. The Kier molecular flexibility index (Phi) is 6.33. The van der Waals surface area contributed by atoms with Crippen LogP contribution < -0.4 is 5.32 Å². The Balaban J connectivity index is 0.00000196. The highest BCUT2D eigenvalue weighted by molar-refractivity contribution is 5.85. The summed E-state index contributed by atoms with van der Waals surface area (Å²) >= 11 is 0. The van der Waals surface area contributed by atoms with Gasteiger partial charge in [0, 0.05) is 25.2 Å². The maximum atomic E-state index is 10.5. The molecule has 0 amide bonds. The van der Waals surface area contributed by atoms with E-state index in [1.807, 2.05) is 6.07 Å². The Bertz CT molecular complexity index is 342. The van der Waals surface area contributed by atoms with Crippen LogP contribution in [0, 0.1) is 10.1 Å². The first kappa shape index (κ1) is 13.6. The molecule has 15 heavy (non-hydrogen) atoms. The summed E-state index contributed by atoms with van der Waals surface area (Å²) in [7, 11) is 0. The summed E-state index contributed by atoms with van der Waals surface area (Å²) in [5, 5.41) is 13.5. The molecule has 0 saturated carbocycles.